The molecule has 0 amide bonds. The summed E-state index contributed by atoms with van der Waals surface area (Å²) in [4.78, 5) is 0. The zero-order chi connectivity index (χ0) is 18.8. The molecule has 27 heavy (non-hydrogen) atoms. The highest BCUT2D eigenvalue weighted by atomic mass is 19.1. The molecule has 3 heteroatoms. The van der Waals surface area contributed by atoms with E-state index in [1.165, 1.54) is 11.6 Å². The van der Waals surface area contributed by atoms with Gasteiger partial charge in [0.15, 0.2) is 0 Å². The van der Waals surface area contributed by atoms with Gasteiger partial charge in [-0.2, -0.15) is 0 Å². The van der Waals surface area contributed by atoms with Crippen molar-refractivity contribution in [1.82, 2.24) is 4.57 Å². The van der Waals surface area contributed by atoms with Crippen LogP contribution >= 0.6 is 0 Å². The van der Waals surface area contributed by atoms with Crippen LogP contribution in [0.1, 0.15) is 28.4 Å². The van der Waals surface area contributed by atoms with Gasteiger partial charge in [-0.3, -0.25) is 0 Å². The molecule has 2 N–H and O–H groups in total. The molecule has 2 nitrogen and oxygen atoms in total. The third-order valence-electron chi connectivity index (χ3n) is 5.25. The second-order valence-electron chi connectivity index (χ2n) is 7.02. The number of rotatable bonds is 5. The van der Waals surface area contributed by atoms with Crippen LogP contribution in [-0.4, -0.2) is 4.57 Å². The Labute approximate surface area is 159 Å². The van der Waals surface area contributed by atoms with Crippen molar-refractivity contribution in [3.05, 3.63) is 107 Å². The fraction of sp³-hybridized carbons (Fsp3) is 0.167. The molecule has 0 aliphatic carbocycles. The van der Waals surface area contributed by atoms with E-state index in [9.17, 15) is 4.39 Å². The van der Waals surface area contributed by atoms with Crippen LogP contribution in [0.4, 0.5) is 4.39 Å². The molecule has 0 spiro atoms. The molecule has 0 saturated heterocycles. The summed E-state index contributed by atoms with van der Waals surface area (Å²) in [6, 6.07) is 25.3. The van der Waals surface area contributed by atoms with Crippen molar-refractivity contribution in [2.45, 2.75) is 25.9 Å². The summed E-state index contributed by atoms with van der Waals surface area (Å²) < 4.78 is 16.3. The van der Waals surface area contributed by atoms with E-state index in [1.54, 1.807) is 6.07 Å². The van der Waals surface area contributed by atoms with Gasteiger partial charge in [-0.25, -0.2) is 4.39 Å². The normalized spacial score (nSPS) is 12.4. The number of aromatic nitrogens is 1. The van der Waals surface area contributed by atoms with Crippen LogP contribution in [0, 0.1) is 12.7 Å². The van der Waals surface area contributed by atoms with E-state index in [0.29, 0.717) is 6.42 Å². The largest absolute Gasteiger partial charge is 0.340 e. The van der Waals surface area contributed by atoms with Crippen LogP contribution in [0.15, 0.2) is 78.9 Å². The number of fused-ring (bicyclic) bond motifs is 1. The maximum absolute atomic E-state index is 14.0. The first-order valence-electron chi connectivity index (χ1n) is 9.25. The van der Waals surface area contributed by atoms with Gasteiger partial charge in [0.05, 0.1) is 0 Å². The smallest absolute Gasteiger partial charge is 0.123 e. The Balaban J connectivity index is 1.78. The maximum atomic E-state index is 14.0. The molecule has 1 heterocycles. The van der Waals surface area contributed by atoms with Gasteiger partial charge in [-0.05, 0) is 48.2 Å². The number of halogens is 1. The van der Waals surface area contributed by atoms with E-state index in [1.807, 2.05) is 54.6 Å². The van der Waals surface area contributed by atoms with Crippen LogP contribution in [0.2, 0.25) is 0 Å². The van der Waals surface area contributed by atoms with Crippen LogP contribution in [0.5, 0.6) is 0 Å². The van der Waals surface area contributed by atoms with E-state index >= 15 is 0 Å². The monoisotopic (exact) mass is 358 g/mol. The minimum Gasteiger partial charge on any atom is -0.340 e. The predicted molar refractivity (Wildman–Crippen MR) is 109 cm³/mol. The first kappa shape index (κ1) is 17.5. The Bertz CT molecular complexity index is 1050. The lowest BCUT2D eigenvalue weighted by Crippen LogP contribution is -2.14. The van der Waals surface area contributed by atoms with Crippen molar-refractivity contribution >= 4 is 10.9 Å². The number of hydrogen-bond donors (Lipinski definition) is 1. The molecule has 0 bridgehead atoms. The lowest BCUT2D eigenvalue weighted by Gasteiger charge is -2.13. The van der Waals surface area contributed by atoms with E-state index in [2.05, 4.69) is 23.6 Å². The summed E-state index contributed by atoms with van der Waals surface area (Å²) >= 11 is 0. The van der Waals surface area contributed by atoms with E-state index in [0.717, 1.165) is 34.3 Å². The van der Waals surface area contributed by atoms with Crippen molar-refractivity contribution in [2.75, 3.05) is 0 Å². The number of hydrogen-bond acceptors (Lipinski definition) is 1. The highest BCUT2D eigenvalue weighted by Crippen LogP contribution is 2.30. The topological polar surface area (TPSA) is 30.9 Å². The Morgan fingerprint density at radius 2 is 1.59 bits per heavy atom. The first-order valence-corrected chi connectivity index (χ1v) is 9.25. The molecule has 0 saturated carbocycles. The minimum absolute atomic E-state index is 0.121. The van der Waals surface area contributed by atoms with Gasteiger partial charge in [-0.15, -0.1) is 0 Å². The summed E-state index contributed by atoms with van der Waals surface area (Å²) in [6.45, 7) is 2.86. The van der Waals surface area contributed by atoms with E-state index in [-0.39, 0.29) is 11.9 Å². The van der Waals surface area contributed by atoms with Crippen LogP contribution < -0.4 is 5.73 Å². The second kappa shape index (κ2) is 7.37. The lowest BCUT2D eigenvalue weighted by atomic mass is 9.98. The summed E-state index contributed by atoms with van der Waals surface area (Å²) in [5.74, 6) is -0.214. The molecule has 136 valence electrons. The number of nitrogens with two attached hydrogens (primary N) is 1. The SMILES string of the molecule is Cc1c(CC(N)c2ccccc2)c2cc(F)ccc2n1Cc1ccccc1. The van der Waals surface area contributed by atoms with Crippen molar-refractivity contribution < 1.29 is 4.39 Å². The summed E-state index contributed by atoms with van der Waals surface area (Å²) in [5, 5.41) is 0.954. The standard InChI is InChI=1S/C24H23FN2/c1-17-21(15-23(26)19-10-6-3-7-11-19)22-14-20(25)12-13-24(22)27(17)16-18-8-4-2-5-9-18/h2-14,23H,15-16,26H2,1H3. The van der Waals surface area contributed by atoms with Crippen molar-refractivity contribution in [2.24, 2.45) is 5.73 Å². The maximum Gasteiger partial charge on any atom is 0.123 e. The molecule has 4 rings (SSSR count). The summed E-state index contributed by atoms with van der Waals surface area (Å²) in [6.07, 6.45) is 0.678. The summed E-state index contributed by atoms with van der Waals surface area (Å²) in [5.41, 5.74) is 12.1. The van der Waals surface area contributed by atoms with Gasteiger partial charge in [0.25, 0.3) is 0 Å². The Hall–Kier alpha value is -2.91. The lowest BCUT2D eigenvalue weighted by molar-refractivity contribution is 0.629. The molecule has 1 unspecified atom stereocenters. The summed E-state index contributed by atoms with van der Waals surface area (Å²) in [7, 11) is 0. The number of nitrogens with zero attached hydrogens (tertiary/aromatic N) is 1. The molecule has 0 fully saturated rings. The fourth-order valence-electron chi connectivity index (χ4n) is 3.79. The molecule has 3 aromatic carbocycles. The highest BCUT2D eigenvalue weighted by Gasteiger charge is 2.18. The molecule has 0 radical (unpaired) electrons. The fourth-order valence-corrected chi connectivity index (χ4v) is 3.79. The second-order valence-corrected chi connectivity index (χ2v) is 7.02. The molecule has 0 aliphatic heterocycles. The van der Waals surface area contributed by atoms with Gasteiger partial charge in [0.2, 0.25) is 0 Å². The van der Waals surface area contributed by atoms with Gasteiger partial charge in [0, 0.05) is 29.2 Å². The van der Waals surface area contributed by atoms with Crippen molar-refractivity contribution in [1.29, 1.82) is 0 Å². The van der Waals surface area contributed by atoms with Crippen LogP contribution in [0.25, 0.3) is 10.9 Å². The number of benzene rings is 3. The third-order valence-corrected chi connectivity index (χ3v) is 5.25. The molecule has 0 aliphatic rings. The predicted octanol–water partition coefficient (Wildman–Crippen LogP) is 5.38. The zero-order valence-corrected chi connectivity index (χ0v) is 15.4. The molecular formula is C24H23FN2. The molecule has 1 aromatic heterocycles. The Morgan fingerprint density at radius 3 is 2.30 bits per heavy atom. The van der Waals surface area contributed by atoms with Gasteiger partial charge >= 0.3 is 0 Å². The first-order chi connectivity index (χ1) is 13.1. The van der Waals surface area contributed by atoms with Crippen molar-refractivity contribution in [3.63, 3.8) is 0 Å². The van der Waals surface area contributed by atoms with Gasteiger partial charge < -0.3 is 10.3 Å². The minimum atomic E-state index is -0.214. The van der Waals surface area contributed by atoms with E-state index < -0.39 is 0 Å². The Morgan fingerprint density at radius 1 is 0.926 bits per heavy atom. The Kier molecular flexibility index (Phi) is 4.78. The molecule has 4 aromatic rings. The third kappa shape index (κ3) is 3.51. The average molecular weight is 358 g/mol. The van der Waals surface area contributed by atoms with Crippen LogP contribution in [0.3, 0.4) is 0 Å². The highest BCUT2D eigenvalue weighted by molar-refractivity contribution is 5.86. The van der Waals surface area contributed by atoms with Crippen molar-refractivity contribution in [3.8, 4) is 0 Å². The average Bonchev–Trinajstić information content (AvgIpc) is 2.94. The van der Waals surface area contributed by atoms with Gasteiger partial charge in [-0.1, -0.05) is 60.7 Å². The van der Waals surface area contributed by atoms with Crippen LogP contribution in [-0.2, 0) is 13.0 Å². The quantitative estimate of drug-likeness (QED) is 0.510. The molecule has 1 atom stereocenters. The molecular weight excluding hydrogens is 335 g/mol. The zero-order valence-electron chi connectivity index (χ0n) is 15.4. The van der Waals surface area contributed by atoms with E-state index in [4.69, 9.17) is 5.73 Å². The van der Waals surface area contributed by atoms with Gasteiger partial charge in [0.1, 0.15) is 5.82 Å².